The maximum atomic E-state index is 13.2. The van der Waals surface area contributed by atoms with E-state index in [1.807, 2.05) is 61.2 Å². The Kier molecular flexibility index (Phi) is 5.56. The van der Waals surface area contributed by atoms with E-state index >= 15 is 0 Å². The summed E-state index contributed by atoms with van der Waals surface area (Å²) in [5.74, 6) is 2.33. The maximum absolute atomic E-state index is 13.2. The van der Waals surface area contributed by atoms with Crippen molar-refractivity contribution in [2.24, 2.45) is 0 Å². The molecule has 4 heterocycles. The zero-order chi connectivity index (χ0) is 22.8. The predicted octanol–water partition coefficient (Wildman–Crippen LogP) is 3.30. The van der Waals surface area contributed by atoms with Crippen molar-refractivity contribution in [2.75, 3.05) is 31.1 Å². The highest BCUT2D eigenvalue weighted by atomic mass is 16.2. The molecule has 1 aliphatic rings. The van der Waals surface area contributed by atoms with Crippen molar-refractivity contribution in [1.29, 1.82) is 0 Å². The van der Waals surface area contributed by atoms with Crippen LogP contribution in [0.15, 0.2) is 67.0 Å². The number of nitrogens with zero attached hydrogens (tertiary/aromatic N) is 7. The minimum absolute atomic E-state index is 0.00169. The molecule has 0 radical (unpaired) electrons. The van der Waals surface area contributed by atoms with Gasteiger partial charge in [-0.25, -0.2) is 19.6 Å². The van der Waals surface area contributed by atoms with Crippen LogP contribution in [-0.4, -0.2) is 61.7 Å². The Morgan fingerprint density at radius 1 is 0.879 bits per heavy atom. The zero-order valence-corrected chi connectivity index (χ0v) is 18.7. The van der Waals surface area contributed by atoms with Gasteiger partial charge in [-0.1, -0.05) is 36.4 Å². The van der Waals surface area contributed by atoms with Crippen LogP contribution >= 0.6 is 0 Å². The summed E-state index contributed by atoms with van der Waals surface area (Å²) in [5.41, 5.74) is 3.38. The summed E-state index contributed by atoms with van der Waals surface area (Å²) in [5, 5.41) is 4.39. The third-order valence-electron chi connectivity index (χ3n) is 5.89. The summed E-state index contributed by atoms with van der Waals surface area (Å²) >= 11 is 0. The number of aryl methyl sites for hydroxylation is 1. The lowest BCUT2D eigenvalue weighted by molar-refractivity contribution is 0.0745. The van der Waals surface area contributed by atoms with Crippen LogP contribution in [0.3, 0.4) is 0 Å². The summed E-state index contributed by atoms with van der Waals surface area (Å²) in [4.78, 5) is 30.9. The minimum Gasteiger partial charge on any atom is -0.353 e. The topological polar surface area (TPSA) is 80.0 Å². The van der Waals surface area contributed by atoms with E-state index in [9.17, 15) is 4.79 Å². The highest BCUT2D eigenvalue weighted by molar-refractivity contribution is 5.95. The van der Waals surface area contributed by atoms with Crippen LogP contribution in [0.2, 0.25) is 0 Å². The number of pyridine rings is 1. The van der Waals surface area contributed by atoms with E-state index in [0.717, 1.165) is 28.6 Å². The van der Waals surface area contributed by atoms with Gasteiger partial charge in [0.2, 0.25) is 0 Å². The molecule has 1 aromatic carbocycles. The van der Waals surface area contributed by atoms with Gasteiger partial charge in [-0.05, 0) is 26.0 Å². The lowest BCUT2D eigenvalue weighted by Gasteiger charge is -2.35. The van der Waals surface area contributed by atoms with Crippen molar-refractivity contribution in [3.8, 4) is 17.1 Å². The van der Waals surface area contributed by atoms with Crippen LogP contribution in [0, 0.1) is 13.8 Å². The number of rotatable bonds is 4. The monoisotopic (exact) mass is 439 g/mol. The SMILES string of the molecule is Cc1nc(-c2ccccc2)cc(N2CCN(C(=O)c3cnn(-c4ccccn4)c3C)CC2)n1. The Morgan fingerprint density at radius 2 is 1.64 bits per heavy atom. The molecule has 0 unspecified atom stereocenters. The molecule has 0 bridgehead atoms. The molecule has 4 aromatic rings. The highest BCUT2D eigenvalue weighted by Crippen LogP contribution is 2.23. The number of carbonyl (C=O) groups is 1. The molecule has 1 aliphatic heterocycles. The van der Waals surface area contributed by atoms with Crippen LogP contribution in [0.5, 0.6) is 0 Å². The number of carbonyl (C=O) groups excluding carboxylic acids is 1. The van der Waals surface area contributed by atoms with Crippen molar-refractivity contribution < 1.29 is 4.79 Å². The maximum Gasteiger partial charge on any atom is 0.257 e. The van der Waals surface area contributed by atoms with E-state index in [2.05, 4.69) is 37.1 Å². The second kappa shape index (κ2) is 8.82. The third-order valence-corrected chi connectivity index (χ3v) is 5.89. The summed E-state index contributed by atoms with van der Waals surface area (Å²) in [6.45, 7) is 6.49. The number of benzene rings is 1. The molecule has 1 saturated heterocycles. The number of amides is 1. The van der Waals surface area contributed by atoms with Crippen LogP contribution in [0.1, 0.15) is 21.9 Å². The van der Waals surface area contributed by atoms with Gasteiger partial charge in [0.1, 0.15) is 11.6 Å². The van der Waals surface area contributed by atoms with Crippen molar-refractivity contribution in [1.82, 2.24) is 29.6 Å². The van der Waals surface area contributed by atoms with Crippen LogP contribution in [0.4, 0.5) is 5.82 Å². The molecule has 33 heavy (non-hydrogen) atoms. The molecule has 1 fully saturated rings. The van der Waals surface area contributed by atoms with Crippen molar-refractivity contribution in [3.05, 3.63) is 84.1 Å². The van der Waals surface area contributed by atoms with Gasteiger partial charge >= 0.3 is 0 Å². The van der Waals surface area contributed by atoms with Crippen LogP contribution < -0.4 is 4.90 Å². The fraction of sp³-hybridized carbons (Fsp3) is 0.240. The molecule has 1 amide bonds. The molecule has 8 heteroatoms. The third kappa shape index (κ3) is 4.19. The van der Waals surface area contributed by atoms with Gasteiger partial charge in [-0.3, -0.25) is 4.79 Å². The van der Waals surface area contributed by atoms with E-state index in [4.69, 9.17) is 0 Å². The highest BCUT2D eigenvalue weighted by Gasteiger charge is 2.26. The first-order valence-corrected chi connectivity index (χ1v) is 11.0. The number of aromatic nitrogens is 5. The van der Waals surface area contributed by atoms with Gasteiger partial charge in [-0.2, -0.15) is 5.10 Å². The smallest absolute Gasteiger partial charge is 0.257 e. The average molecular weight is 440 g/mol. The van der Waals surface area contributed by atoms with Crippen molar-refractivity contribution >= 4 is 11.7 Å². The summed E-state index contributed by atoms with van der Waals surface area (Å²) in [6.07, 6.45) is 3.36. The molecule has 0 N–H and O–H groups in total. The molecule has 0 atom stereocenters. The Bertz CT molecular complexity index is 1260. The van der Waals surface area contributed by atoms with Gasteiger partial charge in [0, 0.05) is 44.0 Å². The van der Waals surface area contributed by atoms with Gasteiger partial charge < -0.3 is 9.80 Å². The van der Waals surface area contributed by atoms with Crippen LogP contribution in [0.25, 0.3) is 17.1 Å². The molecule has 8 nitrogen and oxygen atoms in total. The molecule has 5 rings (SSSR count). The van der Waals surface area contributed by atoms with Crippen molar-refractivity contribution in [3.63, 3.8) is 0 Å². The molecular formula is C25H25N7O. The minimum atomic E-state index is -0.00169. The van der Waals surface area contributed by atoms with Gasteiger partial charge in [0.15, 0.2) is 5.82 Å². The Labute approximate surface area is 192 Å². The summed E-state index contributed by atoms with van der Waals surface area (Å²) < 4.78 is 1.71. The van der Waals surface area contributed by atoms with Crippen LogP contribution in [-0.2, 0) is 0 Å². The number of piperazine rings is 1. The van der Waals surface area contributed by atoms with Crippen molar-refractivity contribution in [2.45, 2.75) is 13.8 Å². The number of hydrogen-bond donors (Lipinski definition) is 0. The summed E-state index contributed by atoms with van der Waals surface area (Å²) in [7, 11) is 0. The predicted molar refractivity (Wildman–Crippen MR) is 126 cm³/mol. The molecule has 0 spiro atoms. The molecule has 0 aliphatic carbocycles. The normalized spacial score (nSPS) is 13.9. The summed E-state index contributed by atoms with van der Waals surface area (Å²) in [6, 6.07) is 17.8. The van der Waals surface area contributed by atoms with E-state index in [1.165, 1.54) is 0 Å². The largest absolute Gasteiger partial charge is 0.353 e. The molecule has 166 valence electrons. The van der Waals surface area contributed by atoms with E-state index in [-0.39, 0.29) is 5.91 Å². The van der Waals surface area contributed by atoms with E-state index < -0.39 is 0 Å². The standard InChI is InChI=1S/C25H25N7O/c1-18-21(17-27-32(18)23-10-6-7-11-26-23)25(33)31-14-12-30(13-15-31)24-16-22(28-19(2)29-24)20-8-4-3-5-9-20/h3-11,16-17H,12-15H2,1-2H3. The fourth-order valence-electron chi connectivity index (χ4n) is 4.11. The lowest BCUT2D eigenvalue weighted by Crippen LogP contribution is -2.49. The molecular weight excluding hydrogens is 414 g/mol. The van der Waals surface area contributed by atoms with Gasteiger partial charge in [-0.15, -0.1) is 0 Å². The number of hydrogen-bond acceptors (Lipinski definition) is 6. The lowest BCUT2D eigenvalue weighted by atomic mass is 10.1. The first-order valence-electron chi connectivity index (χ1n) is 11.0. The quantitative estimate of drug-likeness (QED) is 0.485. The van der Waals surface area contributed by atoms with E-state index in [1.54, 1.807) is 17.1 Å². The Morgan fingerprint density at radius 3 is 2.36 bits per heavy atom. The second-order valence-corrected chi connectivity index (χ2v) is 8.05. The first-order chi connectivity index (χ1) is 16.1. The van der Waals surface area contributed by atoms with E-state index in [0.29, 0.717) is 37.6 Å². The molecule has 0 saturated carbocycles. The molecule has 3 aromatic heterocycles. The van der Waals surface area contributed by atoms with Gasteiger partial charge in [0.05, 0.1) is 23.1 Å². The Balaban J connectivity index is 1.30. The first kappa shape index (κ1) is 20.8. The Hall–Kier alpha value is -4.07. The fourth-order valence-corrected chi connectivity index (χ4v) is 4.11. The zero-order valence-electron chi connectivity index (χ0n) is 18.7. The van der Waals surface area contributed by atoms with Gasteiger partial charge in [0.25, 0.3) is 5.91 Å². The second-order valence-electron chi connectivity index (χ2n) is 8.05. The average Bonchev–Trinajstić information content (AvgIpc) is 3.25. The number of anilines is 1.